The summed E-state index contributed by atoms with van der Waals surface area (Å²) in [6.45, 7) is 10.5. The van der Waals surface area contributed by atoms with E-state index in [2.05, 4.69) is 32.7 Å². The lowest BCUT2D eigenvalue weighted by molar-refractivity contribution is 0.456. The molecular weight excluding hydrogens is 134 g/mol. The molecule has 0 spiro atoms. The van der Waals surface area contributed by atoms with Gasteiger partial charge < -0.3 is 5.32 Å². The van der Waals surface area contributed by atoms with Gasteiger partial charge in [-0.15, -0.1) is 6.58 Å². The van der Waals surface area contributed by atoms with Crippen molar-refractivity contribution >= 4 is 0 Å². The SMILES string of the molecule is C=CC(C)NC(C)C1CC1C. The Morgan fingerprint density at radius 1 is 1.55 bits per heavy atom. The summed E-state index contributed by atoms with van der Waals surface area (Å²) in [5.74, 6) is 1.85. The van der Waals surface area contributed by atoms with Crippen LogP contribution in [0.1, 0.15) is 27.2 Å². The lowest BCUT2D eigenvalue weighted by Crippen LogP contribution is -2.34. The van der Waals surface area contributed by atoms with E-state index in [4.69, 9.17) is 0 Å². The summed E-state index contributed by atoms with van der Waals surface area (Å²) < 4.78 is 0. The smallest absolute Gasteiger partial charge is 0.0221 e. The van der Waals surface area contributed by atoms with E-state index in [1.807, 2.05) is 6.08 Å². The van der Waals surface area contributed by atoms with Crippen LogP contribution in [0.25, 0.3) is 0 Å². The molecule has 1 nitrogen and oxygen atoms in total. The van der Waals surface area contributed by atoms with Gasteiger partial charge >= 0.3 is 0 Å². The van der Waals surface area contributed by atoms with Crippen LogP contribution in [-0.4, -0.2) is 12.1 Å². The Hall–Kier alpha value is -0.300. The molecule has 0 aromatic rings. The van der Waals surface area contributed by atoms with Crippen molar-refractivity contribution in [3.63, 3.8) is 0 Å². The lowest BCUT2D eigenvalue weighted by Gasteiger charge is -2.16. The first-order valence-corrected chi connectivity index (χ1v) is 4.53. The van der Waals surface area contributed by atoms with Crippen LogP contribution < -0.4 is 5.32 Å². The van der Waals surface area contributed by atoms with Crippen LogP contribution in [0.2, 0.25) is 0 Å². The Morgan fingerprint density at radius 3 is 2.45 bits per heavy atom. The van der Waals surface area contributed by atoms with Gasteiger partial charge in [0.2, 0.25) is 0 Å². The zero-order valence-corrected chi connectivity index (χ0v) is 7.80. The van der Waals surface area contributed by atoms with Gasteiger partial charge in [0.1, 0.15) is 0 Å². The van der Waals surface area contributed by atoms with Gasteiger partial charge in [-0.3, -0.25) is 0 Å². The molecule has 0 amide bonds. The Kier molecular flexibility index (Phi) is 2.72. The largest absolute Gasteiger partial charge is 0.308 e. The molecule has 11 heavy (non-hydrogen) atoms. The van der Waals surface area contributed by atoms with Crippen LogP contribution in [0.3, 0.4) is 0 Å². The number of rotatable bonds is 4. The van der Waals surface area contributed by atoms with Crippen LogP contribution in [-0.2, 0) is 0 Å². The topological polar surface area (TPSA) is 12.0 Å². The predicted octanol–water partition coefficient (Wildman–Crippen LogP) is 2.20. The fourth-order valence-corrected chi connectivity index (χ4v) is 1.65. The molecule has 1 heteroatoms. The molecule has 1 rings (SSSR count). The first kappa shape index (κ1) is 8.79. The van der Waals surface area contributed by atoms with E-state index in [-0.39, 0.29) is 0 Å². The molecule has 0 aliphatic heterocycles. The van der Waals surface area contributed by atoms with Gasteiger partial charge in [-0.25, -0.2) is 0 Å². The van der Waals surface area contributed by atoms with Crippen LogP contribution in [0.5, 0.6) is 0 Å². The van der Waals surface area contributed by atoms with Gasteiger partial charge in [0, 0.05) is 12.1 Å². The maximum absolute atomic E-state index is 3.75. The van der Waals surface area contributed by atoms with Crippen molar-refractivity contribution in [2.75, 3.05) is 0 Å². The van der Waals surface area contributed by atoms with Crippen molar-refractivity contribution in [2.24, 2.45) is 11.8 Å². The number of hydrogen-bond donors (Lipinski definition) is 1. The maximum atomic E-state index is 3.75. The Bertz CT molecular complexity index is 142. The number of hydrogen-bond acceptors (Lipinski definition) is 1. The zero-order chi connectivity index (χ0) is 8.43. The summed E-state index contributed by atoms with van der Waals surface area (Å²) in [6, 6.07) is 1.12. The minimum atomic E-state index is 0.456. The Balaban J connectivity index is 2.20. The molecule has 0 aromatic carbocycles. The van der Waals surface area contributed by atoms with Crippen molar-refractivity contribution < 1.29 is 0 Å². The van der Waals surface area contributed by atoms with E-state index in [0.717, 1.165) is 11.8 Å². The summed E-state index contributed by atoms with van der Waals surface area (Å²) in [4.78, 5) is 0. The van der Waals surface area contributed by atoms with Crippen LogP contribution >= 0.6 is 0 Å². The molecule has 0 heterocycles. The van der Waals surface area contributed by atoms with Crippen molar-refractivity contribution in [3.05, 3.63) is 12.7 Å². The van der Waals surface area contributed by atoms with E-state index < -0.39 is 0 Å². The zero-order valence-electron chi connectivity index (χ0n) is 7.80. The van der Waals surface area contributed by atoms with Gasteiger partial charge in [-0.1, -0.05) is 13.0 Å². The highest BCUT2D eigenvalue weighted by Crippen LogP contribution is 2.40. The summed E-state index contributed by atoms with van der Waals surface area (Å²) in [7, 11) is 0. The second kappa shape index (κ2) is 3.40. The molecule has 0 bridgehead atoms. The summed E-state index contributed by atoms with van der Waals surface area (Å²) in [5.41, 5.74) is 0. The molecule has 1 N–H and O–H groups in total. The molecule has 0 aromatic heterocycles. The van der Waals surface area contributed by atoms with Crippen molar-refractivity contribution in [2.45, 2.75) is 39.3 Å². The minimum absolute atomic E-state index is 0.456. The molecule has 1 aliphatic rings. The third-order valence-electron chi connectivity index (χ3n) is 2.69. The summed E-state index contributed by atoms with van der Waals surface area (Å²) in [5, 5.41) is 3.50. The monoisotopic (exact) mass is 153 g/mol. The second-order valence-electron chi connectivity index (χ2n) is 3.86. The minimum Gasteiger partial charge on any atom is -0.308 e. The number of nitrogens with one attached hydrogen (secondary N) is 1. The molecular formula is C10H19N. The van der Waals surface area contributed by atoms with Gasteiger partial charge in [0.05, 0.1) is 0 Å². The van der Waals surface area contributed by atoms with Crippen LogP contribution in [0.4, 0.5) is 0 Å². The lowest BCUT2D eigenvalue weighted by atomic mass is 10.1. The van der Waals surface area contributed by atoms with Crippen molar-refractivity contribution in [3.8, 4) is 0 Å². The molecule has 4 unspecified atom stereocenters. The van der Waals surface area contributed by atoms with E-state index >= 15 is 0 Å². The Morgan fingerprint density at radius 2 is 2.09 bits per heavy atom. The molecule has 4 atom stereocenters. The maximum Gasteiger partial charge on any atom is 0.0221 e. The highest BCUT2D eigenvalue weighted by Gasteiger charge is 2.37. The highest BCUT2D eigenvalue weighted by molar-refractivity contribution is 4.93. The average molecular weight is 153 g/mol. The van der Waals surface area contributed by atoms with Crippen molar-refractivity contribution in [1.29, 1.82) is 0 Å². The quantitative estimate of drug-likeness (QED) is 0.610. The van der Waals surface area contributed by atoms with Gasteiger partial charge in [0.15, 0.2) is 0 Å². The van der Waals surface area contributed by atoms with E-state index in [1.165, 1.54) is 6.42 Å². The van der Waals surface area contributed by atoms with E-state index in [0.29, 0.717) is 12.1 Å². The molecule has 0 saturated heterocycles. The first-order chi connectivity index (χ1) is 5.15. The summed E-state index contributed by atoms with van der Waals surface area (Å²) >= 11 is 0. The Labute approximate surface area is 69.9 Å². The normalized spacial score (nSPS) is 34.5. The molecule has 1 fully saturated rings. The van der Waals surface area contributed by atoms with Gasteiger partial charge in [-0.05, 0) is 32.1 Å². The molecule has 1 aliphatic carbocycles. The average Bonchev–Trinajstić information content (AvgIpc) is 2.66. The first-order valence-electron chi connectivity index (χ1n) is 4.53. The van der Waals surface area contributed by atoms with Gasteiger partial charge in [0.25, 0.3) is 0 Å². The molecule has 64 valence electrons. The highest BCUT2D eigenvalue weighted by atomic mass is 14.9. The standard InChI is InChI=1S/C10H19N/c1-5-8(3)11-9(4)10-6-7(10)2/h5,7-11H,1,6H2,2-4H3. The van der Waals surface area contributed by atoms with Crippen molar-refractivity contribution in [1.82, 2.24) is 5.32 Å². The summed E-state index contributed by atoms with van der Waals surface area (Å²) in [6.07, 6.45) is 3.36. The second-order valence-corrected chi connectivity index (χ2v) is 3.86. The van der Waals surface area contributed by atoms with Crippen LogP contribution in [0.15, 0.2) is 12.7 Å². The molecule has 1 saturated carbocycles. The molecule has 0 radical (unpaired) electrons. The van der Waals surface area contributed by atoms with E-state index in [9.17, 15) is 0 Å². The fourth-order valence-electron chi connectivity index (χ4n) is 1.65. The van der Waals surface area contributed by atoms with Gasteiger partial charge in [-0.2, -0.15) is 0 Å². The van der Waals surface area contributed by atoms with E-state index in [1.54, 1.807) is 0 Å². The predicted molar refractivity (Wildman–Crippen MR) is 49.5 cm³/mol. The fraction of sp³-hybridized carbons (Fsp3) is 0.800. The third kappa shape index (κ3) is 2.33. The third-order valence-corrected chi connectivity index (χ3v) is 2.69. The van der Waals surface area contributed by atoms with Crippen LogP contribution in [0, 0.1) is 11.8 Å².